The number of aromatic nitrogens is 1. The SMILES string of the molecule is CCCCNC(=O)C[C@H](c1ccc(F)cc1)c1cn(Cc2ccc(C)cc2)c2ccccc12. The Kier molecular flexibility index (Phi) is 7.23. The highest BCUT2D eigenvalue weighted by molar-refractivity contribution is 5.86. The van der Waals surface area contributed by atoms with Crippen molar-refractivity contribution >= 4 is 16.8 Å². The number of benzene rings is 3. The fraction of sp³-hybridized carbons (Fsp3) is 0.276. The number of halogens is 1. The molecular weight excluding hydrogens is 411 g/mol. The van der Waals surface area contributed by atoms with Gasteiger partial charge in [-0.3, -0.25) is 4.79 Å². The number of hydrogen-bond donors (Lipinski definition) is 1. The highest BCUT2D eigenvalue weighted by Gasteiger charge is 2.23. The first-order chi connectivity index (χ1) is 16.0. The lowest BCUT2D eigenvalue weighted by molar-refractivity contribution is -0.121. The predicted octanol–water partition coefficient (Wildman–Crippen LogP) is 6.58. The van der Waals surface area contributed by atoms with Crippen LogP contribution in [0.5, 0.6) is 0 Å². The smallest absolute Gasteiger partial charge is 0.220 e. The Bertz CT molecular complexity index is 1210. The summed E-state index contributed by atoms with van der Waals surface area (Å²) in [6, 6.07) is 23.4. The van der Waals surface area contributed by atoms with Crippen LogP contribution in [0, 0.1) is 12.7 Å². The summed E-state index contributed by atoms with van der Waals surface area (Å²) >= 11 is 0. The van der Waals surface area contributed by atoms with Crippen LogP contribution in [-0.2, 0) is 11.3 Å². The monoisotopic (exact) mass is 442 g/mol. The van der Waals surface area contributed by atoms with Crippen LogP contribution >= 0.6 is 0 Å². The fourth-order valence-corrected chi connectivity index (χ4v) is 4.34. The van der Waals surface area contributed by atoms with Crippen molar-refractivity contribution in [2.45, 2.75) is 45.6 Å². The lowest BCUT2D eigenvalue weighted by Crippen LogP contribution is -2.26. The summed E-state index contributed by atoms with van der Waals surface area (Å²) in [5, 5.41) is 4.17. The first-order valence-electron chi connectivity index (χ1n) is 11.7. The third kappa shape index (κ3) is 5.51. The number of amides is 1. The van der Waals surface area contributed by atoms with Crippen molar-refractivity contribution in [2.75, 3.05) is 6.54 Å². The van der Waals surface area contributed by atoms with Gasteiger partial charge in [-0.1, -0.05) is 73.5 Å². The van der Waals surface area contributed by atoms with Crippen LogP contribution in [-0.4, -0.2) is 17.0 Å². The molecular formula is C29H31FN2O. The minimum Gasteiger partial charge on any atom is -0.356 e. The molecule has 170 valence electrons. The number of carbonyl (C=O) groups excluding carboxylic acids is 1. The van der Waals surface area contributed by atoms with Gasteiger partial charge in [-0.2, -0.15) is 0 Å². The summed E-state index contributed by atoms with van der Waals surface area (Å²) in [5.41, 5.74) is 5.63. The average molecular weight is 443 g/mol. The van der Waals surface area contributed by atoms with Gasteiger partial charge in [0.25, 0.3) is 0 Å². The second kappa shape index (κ2) is 10.5. The van der Waals surface area contributed by atoms with E-state index in [0.717, 1.165) is 41.4 Å². The maximum absolute atomic E-state index is 13.7. The standard InChI is InChI=1S/C29H31FN2O/c1-3-4-17-31-29(33)18-26(23-13-15-24(30)16-14-23)27-20-32(28-8-6-5-7-25(27)28)19-22-11-9-21(2)10-12-22/h5-16,20,26H,3-4,17-19H2,1-2H3,(H,31,33)/t26-/m1/s1. The van der Waals surface area contributed by atoms with Gasteiger partial charge in [0, 0.05) is 42.5 Å². The number of para-hydroxylation sites is 1. The molecule has 4 rings (SSSR count). The number of fused-ring (bicyclic) bond motifs is 1. The van der Waals surface area contributed by atoms with E-state index >= 15 is 0 Å². The summed E-state index contributed by atoms with van der Waals surface area (Å²) in [5.74, 6) is -0.406. The Morgan fingerprint density at radius 3 is 2.45 bits per heavy atom. The molecule has 33 heavy (non-hydrogen) atoms. The molecule has 0 aliphatic heterocycles. The van der Waals surface area contributed by atoms with Gasteiger partial charge in [0.15, 0.2) is 0 Å². The Morgan fingerprint density at radius 1 is 1.00 bits per heavy atom. The highest BCUT2D eigenvalue weighted by atomic mass is 19.1. The van der Waals surface area contributed by atoms with Crippen molar-refractivity contribution in [1.29, 1.82) is 0 Å². The molecule has 0 radical (unpaired) electrons. The third-order valence-corrected chi connectivity index (χ3v) is 6.18. The minimum atomic E-state index is -0.272. The molecule has 3 nitrogen and oxygen atoms in total. The van der Waals surface area contributed by atoms with Gasteiger partial charge < -0.3 is 9.88 Å². The number of nitrogens with one attached hydrogen (secondary N) is 1. The summed E-state index contributed by atoms with van der Waals surface area (Å²) < 4.78 is 15.9. The fourth-order valence-electron chi connectivity index (χ4n) is 4.34. The van der Waals surface area contributed by atoms with E-state index in [1.165, 1.54) is 23.3 Å². The van der Waals surface area contributed by atoms with Crippen molar-refractivity contribution in [1.82, 2.24) is 9.88 Å². The Morgan fingerprint density at radius 2 is 1.73 bits per heavy atom. The third-order valence-electron chi connectivity index (χ3n) is 6.18. The quantitative estimate of drug-likeness (QED) is 0.292. The molecule has 0 spiro atoms. The molecule has 1 aromatic heterocycles. The Hall–Kier alpha value is -3.40. The summed E-state index contributed by atoms with van der Waals surface area (Å²) in [6.45, 7) is 5.63. The summed E-state index contributed by atoms with van der Waals surface area (Å²) in [6.07, 6.45) is 4.49. The van der Waals surface area contributed by atoms with Gasteiger partial charge in [-0.15, -0.1) is 0 Å². The highest BCUT2D eigenvalue weighted by Crippen LogP contribution is 2.35. The van der Waals surface area contributed by atoms with Gasteiger partial charge in [-0.25, -0.2) is 4.39 Å². The number of hydrogen-bond acceptors (Lipinski definition) is 1. The van der Waals surface area contributed by atoms with Crippen LogP contribution in [0.25, 0.3) is 10.9 Å². The normalized spacial score (nSPS) is 12.1. The van der Waals surface area contributed by atoms with Crippen LogP contribution in [0.3, 0.4) is 0 Å². The topological polar surface area (TPSA) is 34.0 Å². The zero-order valence-electron chi connectivity index (χ0n) is 19.4. The number of unbranched alkanes of at least 4 members (excludes halogenated alkanes) is 1. The van der Waals surface area contributed by atoms with Crippen LogP contribution in [0.2, 0.25) is 0 Å². The van der Waals surface area contributed by atoms with E-state index in [1.807, 2.05) is 12.1 Å². The number of nitrogens with zero attached hydrogens (tertiary/aromatic N) is 1. The van der Waals surface area contributed by atoms with Gasteiger partial charge >= 0.3 is 0 Å². The summed E-state index contributed by atoms with van der Waals surface area (Å²) in [7, 11) is 0. The molecule has 0 aliphatic carbocycles. The van der Waals surface area contributed by atoms with Crippen LogP contribution in [0.1, 0.15) is 54.4 Å². The van der Waals surface area contributed by atoms with E-state index in [1.54, 1.807) is 12.1 Å². The molecule has 0 unspecified atom stereocenters. The van der Waals surface area contributed by atoms with E-state index in [2.05, 4.69) is 66.3 Å². The first-order valence-corrected chi connectivity index (χ1v) is 11.7. The molecule has 1 heterocycles. The number of carbonyl (C=O) groups is 1. The van der Waals surface area contributed by atoms with Gasteiger partial charge in [0.2, 0.25) is 5.91 Å². The first kappa shape index (κ1) is 22.8. The second-order valence-electron chi connectivity index (χ2n) is 8.73. The molecule has 3 aromatic carbocycles. The molecule has 1 N–H and O–H groups in total. The Labute approximate surface area is 195 Å². The molecule has 1 amide bonds. The molecule has 0 fully saturated rings. The van der Waals surface area contributed by atoms with Crippen molar-refractivity contribution < 1.29 is 9.18 Å². The van der Waals surface area contributed by atoms with E-state index in [4.69, 9.17) is 0 Å². The number of aryl methyl sites for hydroxylation is 1. The van der Waals surface area contributed by atoms with Crippen LogP contribution in [0.4, 0.5) is 4.39 Å². The number of rotatable bonds is 9. The van der Waals surface area contributed by atoms with E-state index in [-0.39, 0.29) is 17.6 Å². The molecule has 0 aliphatic rings. The molecule has 1 atom stereocenters. The van der Waals surface area contributed by atoms with E-state index in [9.17, 15) is 9.18 Å². The van der Waals surface area contributed by atoms with Gasteiger partial charge in [0.1, 0.15) is 5.82 Å². The van der Waals surface area contributed by atoms with Crippen LogP contribution < -0.4 is 5.32 Å². The molecule has 0 bridgehead atoms. The van der Waals surface area contributed by atoms with Gasteiger partial charge in [-0.05, 0) is 48.2 Å². The largest absolute Gasteiger partial charge is 0.356 e. The lowest BCUT2D eigenvalue weighted by atomic mass is 9.88. The van der Waals surface area contributed by atoms with Gasteiger partial charge in [0.05, 0.1) is 0 Å². The maximum Gasteiger partial charge on any atom is 0.220 e. The van der Waals surface area contributed by atoms with Crippen molar-refractivity contribution in [3.63, 3.8) is 0 Å². The lowest BCUT2D eigenvalue weighted by Gasteiger charge is -2.17. The minimum absolute atomic E-state index is 0.0214. The average Bonchev–Trinajstić information content (AvgIpc) is 3.18. The van der Waals surface area contributed by atoms with E-state index in [0.29, 0.717) is 13.0 Å². The predicted molar refractivity (Wildman–Crippen MR) is 133 cm³/mol. The molecule has 0 saturated carbocycles. The molecule has 0 saturated heterocycles. The Balaban J connectivity index is 1.73. The van der Waals surface area contributed by atoms with Crippen LogP contribution in [0.15, 0.2) is 79.0 Å². The molecule has 4 aromatic rings. The zero-order chi connectivity index (χ0) is 23.2. The maximum atomic E-state index is 13.7. The zero-order valence-corrected chi connectivity index (χ0v) is 19.4. The molecule has 4 heteroatoms. The van der Waals surface area contributed by atoms with Crippen molar-refractivity contribution in [2.24, 2.45) is 0 Å². The van der Waals surface area contributed by atoms with Crippen molar-refractivity contribution in [3.05, 3.63) is 107 Å². The second-order valence-corrected chi connectivity index (χ2v) is 8.73. The van der Waals surface area contributed by atoms with E-state index < -0.39 is 0 Å². The van der Waals surface area contributed by atoms with Crippen molar-refractivity contribution in [3.8, 4) is 0 Å². The summed E-state index contributed by atoms with van der Waals surface area (Å²) in [4.78, 5) is 12.8.